The average molecular weight is 387 g/mol. The van der Waals surface area contributed by atoms with Crippen LogP contribution in [0.3, 0.4) is 0 Å². The van der Waals surface area contributed by atoms with E-state index in [2.05, 4.69) is 10.2 Å². The first-order valence-electron chi connectivity index (χ1n) is 9.34. The summed E-state index contributed by atoms with van der Waals surface area (Å²) in [4.78, 5) is 14.5. The van der Waals surface area contributed by atoms with Crippen molar-refractivity contribution in [3.05, 3.63) is 35.4 Å². The maximum Gasteiger partial charge on any atom is 0.416 e. The van der Waals surface area contributed by atoms with Gasteiger partial charge in [-0.15, -0.1) is 0 Å². The molecular formula is C19H28F3N3O2. The quantitative estimate of drug-likeness (QED) is 0.720. The zero-order valence-corrected chi connectivity index (χ0v) is 15.8. The Kier molecular flexibility index (Phi) is 7.64. The number of rotatable bonds is 8. The van der Waals surface area contributed by atoms with Gasteiger partial charge in [-0.1, -0.05) is 26.0 Å². The summed E-state index contributed by atoms with van der Waals surface area (Å²) in [5.41, 5.74) is 5.62. The van der Waals surface area contributed by atoms with Gasteiger partial charge in [0.25, 0.3) is 0 Å². The van der Waals surface area contributed by atoms with Crippen LogP contribution in [-0.4, -0.2) is 49.2 Å². The van der Waals surface area contributed by atoms with Crippen molar-refractivity contribution >= 4 is 5.91 Å². The average Bonchev–Trinajstić information content (AvgIpc) is 3.13. The summed E-state index contributed by atoms with van der Waals surface area (Å²) < 4.78 is 44.0. The highest BCUT2D eigenvalue weighted by Gasteiger charge is 2.32. The van der Waals surface area contributed by atoms with Gasteiger partial charge in [-0.25, -0.2) is 0 Å². The molecule has 1 fully saturated rings. The predicted octanol–water partition coefficient (Wildman–Crippen LogP) is 2.71. The number of amides is 1. The maximum atomic E-state index is 12.8. The third-order valence-corrected chi connectivity index (χ3v) is 5.01. The number of nitrogens with two attached hydrogens (primary N) is 1. The molecule has 0 saturated carbocycles. The molecule has 5 nitrogen and oxygen atoms in total. The minimum Gasteiger partial charge on any atom is -0.364 e. The minimum atomic E-state index is -4.36. The number of nitrogens with zero attached hydrogens (tertiary/aromatic N) is 1. The van der Waals surface area contributed by atoms with Gasteiger partial charge in [0.1, 0.15) is 6.10 Å². The molecule has 3 N–H and O–H groups in total. The number of ether oxygens (including phenoxy) is 1. The molecule has 1 heterocycles. The van der Waals surface area contributed by atoms with Gasteiger partial charge < -0.3 is 15.8 Å². The van der Waals surface area contributed by atoms with Crippen molar-refractivity contribution < 1.29 is 22.7 Å². The van der Waals surface area contributed by atoms with E-state index in [0.29, 0.717) is 32.6 Å². The Hall–Kier alpha value is -1.64. The van der Waals surface area contributed by atoms with Crippen molar-refractivity contribution in [2.45, 2.75) is 51.1 Å². The second-order valence-corrected chi connectivity index (χ2v) is 6.66. The van der Waals surface area contributed by atoms with Crippen LogP contribution in [0.1, 0.15) is 43.9 Å². The molecule has 0 aliphatic carbocycles. The molecule has 27 heavy (non-hydrogen) atoms. The van der Waals surface area contributed by atoms with Gasteiger partial charge in [-0.3, -0.25) is 9.69 Å². The van der Waals surface area contributed by atoms with E-state index in [1.165, 1.54) is 12.1 Å². The monoisotopic (exact) mass is 387 g/mol. The molecule has 0 radical (unpaired) electrons. The topological polar surface area (TPSA) is 67.6 Å². The van der Waals surface area contributed by atoms with Gasteiger partial charge in [-0.05, 0) is 43.6 Å². The lowest BCUT2D eigenvalue weighted by Crippen LogP contribution is -2.42. The van der Waals surface area contributed by atoms with Crippen molar-refractivity contribution in [3.8, 4) is 0 Å². The first kappa shape index (κ1) is 21.7. The van der Waals surface area contributed by atoms with Crippen molar-refractivity contribution in [1.29, 1.82) is 0 Å². The molecule has 1 aromatic carbocycles. The first-order valence-corrected chi connectivity index (χ1v) is 9.34. The van der Waals surface area contributed by atoms with Crippen LogP contribution in [0.4, 0.5) is 13.2 Å². The van der Waals surface area contributed by atoms with Gasteiger partial charge in [0.05, 0.1) is 17.7 Å². The molecule has 152 valence electrons. The molecule has 1 aliphatic heterocycles. The van der Waals surface area contributed by atoms with Gasteiger partial charge >= 0.3 is 6.18 Å². The Morgan fingerprint density at radius 3 is 2.37 bits per heavy atom. The molecule has 0 bridgehead atoms. The number of carbonyl (C=O) groups is 1. The van der Waals surface area contributed by atoms with Crippen LogP contribution in [-0.2, 0) is 15.7 Å². The summed E-state index contributed by atoms with van der Waals surface area (Å²) in [6.07, 6.45) is -3.58. The highest BCUT2D eigenvalue weighted by Crippen LogP contribution is 2.30. The molecule has 1 saturated heterocycles. The Morgan fingerprint density at radius 2 is 1.89 bits per heavy atom. The number of likely N-dealkylation sites (N-methyl/N-ethyl adjacent to an activating group) is 1. The van der Waals surface area contributed by atoms with Crippen molar-refractivity contribution in [2.75, 3.05) is 26.2 Å². The molecule has 2 rings (SSSR count). The zero-order valence-electron chi connectivity index (χ0n) is 15.8. The van der Waals surface area contributed by atoms with Gasteiger partial charge in [0.15, 0.2) is 0 Å². The lowest BCUT2D eigenvalue weighted by Gasteiger charge is -2.30. The SMILES string of the molecule is CCN(CC)C(CNC(=O)[C@@H]1CC[C@H](CN)O1)c1ccc(C(F)(F)F)cc1. The number of nitrogens with one attached hydrogen (secondary N) is 1. The standard InChI is InChI=1S/C19H28F3N3O2/c1-3-25(4-2)16(13-5-7-14(8-6-13)19(20,21)22)12-24-18(26)17-10-9-15(11-23)27-17/h5-8,15-17H,3-4,9-12,23H2,1-2H3,(H,24,26)/t15-,16?,17+/m1/s1. The van der Waals surface area contributed by atoms with Crippen molar-refractivity contribution in [2.24, 2.45) is 5.73 Å². The summed E-state index contributed by atoms with van der Waals surface area (Å²) in [7, 11) is 0. The van der Waals surface area contributed by atoms with Gasteiger partial charge in [0, 0.05) is 13.1 Å². The van der Waals surface area contributed by atoms with E-state index in [4.69, 9.17) is 10.5 Å². The molecule has 0 aromatic heterocycles. The van der Waals surface area contributed by atoms with E-state index in [0.717, 1.165) is 24.1 Å². The van der Waals surface area contributed by atoms with E-state index in [1.807, 2.05) is 13.8 Å². The molecule has 3 atom stereocenters. The number of carbonyl (C=O) groups excluding carboxylic acids is 1. The van der Waals surface area contributed by atoms with Crippen molar-refractivity contribution in [3.63, 3.8) is 0 Å². The van der Waals surface area contributed by atoms with Crippen LogP contribution in [0.25, 0.3) is 0 Å². The van der Waals surface area contributed by atoms with E-state index < -0.39 is 17.8 Å². The fourth-order valence-corrected chi connectivity index (χ4v) is 3.40. The number of alkyl halides is 3. The van der Waals surface area contributed by atoms with Crippen LogP contribution in [0, 0.1) is 0 Å². The Morgan fingerprint density at radius 1 is 1.26 bits per heavy atom. The van der Waals surface area contributed by atoms with E-state index >= 15 is 0 Å². The van der Waals surface area contributed by atoms with Crippen LogP contribution in [0.5, 0.6) is 0 Å². The number of benzene rings is 1. The number of halogens is 3. The summed E-state index contributed by atoms with van der Waals surface area (Å²) >= 11 is 0. The predicted molar refractivity (Wildman–Crippen MR) is 97.1 cm³/mol. The van der Waals surface area contributed by atoms with Crippen LogP contribution >= 0.6 is 0 Å². The molecule has 1 amide bonds. The molecule has 1 aliphatic rings. The van der Waals surface area contributed by atoms with Gasteiger partial charge in [0.2, 0.25) is 5.91 Å². The third kappa shape index (κ3) is 5.67. The summed E-state index contributed by atoms with van der Waals surface area (Å²) in [5.74, 6) is -0.199. The summed E-state index contributed by atoms with van der Waals surface area (Å²) in [5, 5.41) is 2.89. The summed E-state index contributed by atoms with van der Waals surface area (Å²) in [6.45, 7) is 6.08. The molecule has 0 spiro atoms. The van der Waals surface area contributed by atoms with Crippen molar-refractivity contribution in [1.82, 2.24) is 10.2 Å². The molecule has 8 heteroatoms. The lowest BCUT2D eigenvalue weighted by molar-refractivity contribution is -0.137. The molecular weight excluding hydrogens is 359 g/mol. The lowest BCUT2D eigenvalue weighted by atomic mass is 10.0. The maximum absolute atomic E-state index is 12.8. The van der Waals surface area contributed by atoms with E-state index in [9.17, 15) is 18.0 Å². The third-order valence-electron chi connectivity index (χ3n) is 5.01. The second-order valence-electron chi connectivity index (χ2n) is 6.66. The minimum absolute atomic E-state index is 0.0887. The molecule has 1 unspecified atom stereocenters. The van der Waals surface area contributed by atoms with E-state index in [-0.39, 0.29) is 18.1 Å². The van der Waals surface area contributed by atoms with E-state index in [1.54, 1.807) is 0 Å². The fourth-order valence-electron chi connectivity index (χ4n) is 3.40. The normalized spacial score (nSPS) is 21.4. The Labute approximate surface area is 158 Å². The largest absolute Gasteiger partial charge is 0.416 e. The van der Waals surface area contributed by atoms with Crippen LogP contribution < -0.4 is 11.1 Å². The second kappa shape index (κ2) is 9.52. The van der Waals surface area contributed by atoms with Gasteiger partial charge in [-0.2, -0.15) is 13.2 Å². The Bertz CT molecular complexity index is 603. The number of hydrogen-bond acceptors (Lipinski definition) is 4. The summed E-state index contributed by atoms with van der Waals surface area (Å²) in [6, 6.07) is 4.92. The first-order chi connectivity index (χ1) is 12.8. The fraction of sp³-hybridized carbons (Fsp3) is 0.632. The highest BCUT2D eigenvalue weighted by molar-refractivity contribution is 5.81. The molecule has 1 aromatic rings. The van der Waals surface area contributed by atoms with Crippen LogP contribution in [0.15, 0.2) is 24.3 Å². The number of hydrogen-bond donors (Lipinski definition) is 2. The Balaban J connectivity index is 2.07. The smallest absolute Gasteiger partial charge is 0.364 e. The van der Waals surface area contributed by atoms with Crippen LogP contribution in [0.2, 0.25) is 0 Å². The highest BCUT2D eigenvalue weighted by atomic mass is 19.4. The zero-order chi connectivity index (χ0) is 20.0.